The average Bonchev–Trinajstić information content (AvgIpc) is 2.54. The lowest BCUT2D eigenvalue weighted by molar-refractivity contribution is -0.198. The first-order valence-corrected chi connectivity index (χ1v) is 7.93. The van der Waals surface area contributed by atoms with Crippen LogP contribution in [0.2, 0.25) is 0 Å². The Kier molecular flexibility index (Phi) is 5.85. The van der Waals surface area contributed by atoms with Gasteiger partial charge in [-0.05, 0) is 18.4 Å². The minimum absolute atomic E-state index is 0.0331. The predicted octanol–water partition coefficient (Wildman–Crippen LogP) is 3.17. The molecule has 0 spiro atoms. The zero-order valence-corrected chi connectivity index (χ0v) is 13.1. The summed E-state index contributed by atoms with van der Waals surface area (Å²) >= 11 is 0. The predicted molar refractivity (Wildman–Crippen MR) is 81.2 cm³/mol. The number of carbonyl (C=O) groups is 2. The molecule has 1 amide bonds. The Labute approximate surface area is 138 Å². The third-order valence-electron chi connectivity index (χ3n) is 4.42. The minimum Gasteiger partial charge on any atom is -0.480 e. The number of benzene rings is 1. The van der Waals surface area contributed by atoms with Gasteiger partial charge >= 0.3 is 12.1 Å². The van der Waals surface area contributed by atoms with Crippen LogP contribution in [0.15, 0.2) is 30.3 Å². The molecule has 0 saturated heterocycles. The van der Waals surface area contributed by atoms with E-state index in [2.05, 4.69) is 5.32 Å². The number of carboxylic acid groups (broad SMARTS) is 1. The van der Waals surface area contributed by atoms with E-state index in [0.29, 0.717) is 18.4 Å². The second-order valence-corrected chi connectivity index (χ2v) is 6.13. The van der Waals surface area contributed by atoms with Gasteiger partial charge in [0.2, 0.25) is 5.91 Å². The second-order valence-electron chi connectivity index (χ2n) is 6.13. The Morgan fingerprint density at radius 1 is 1.17 bits per heavy atom. The van der Waals surface area contributed by atoms with Crippen LogP contribution in [0, 0.1) is 11.8 Å². The SMILES string of the molecule is O=C(O)[C@H](Cc1ccccc1)NC(=O)[C@@H]1CCCC[C@H]1C(F)(F)F. The van der Waals surface area contributed by atoms with Crippen LogP contribution in [0.25, 0.3) is 0 Å². The van der Waals surface area contributed by atoms with E-state index in [4.69, 9.17) is 0 Å². The van der Waals surface area contributed by atoms with Gasteiger partial charge < -0.3 is 10.4 Å². The fourth-order valence-electron chi connectivity index (χ4n) is 3.17. The van der Waals surface area contributed by atoms with Gasteiger partial charge in [0.25, 0.3) is 0 Å². The van der Waals surface area contributed by atoms with E-state index < -0.39 is 35.9 Å². The summed E-state index contributed by atoms with van der Waals surface area (Å²) in [4.78, 5) is 23.6. The van der Waals surface area contributed by atoms with Gasteiger partial charge in [0.1, 0.15) is 6.04 Å². The fourth-order valence-corrected chi connectivity index (χ4v) is 3.17. The number of hydrogen-bond donors (Lipinski definition) is 2. The monoisotopic (exact) mass is 343 g/mol. The van der Waals surface area contributed by atoms with Crippen molar-refractivity contribution in [1.29, 1.82) is 0 Å². The van der Waals surface area contributed by atoms with Crippen molar-refractivity contribution in [3.63, 3.8) is 0 Å². The summed E-state index contributed by atoms with van der Waals surface area (Å²) in [5.74, 6) is -4.99. The summed E-state index contributed by atoms with van der Waals surface area (Å²) in [6, 6.07) is 7.42. The Morgan fingerprint density at radius 2 is 1.79 bits per heavy atom. The normalized spacial score (nSPS) is 22.6. The number of aliphatic carboxylic acids is 1. The Morgan fingerprint density at radius 3 is 2.38 bits per heavy atom. The summed E-state index contributed by atoms with van der Waals surface area (Å²) in [6.45, 7) is 0. The van der Waals surface area contributed by atoms with Crippen LogP contribution in [0.4, 0.5) is 13.2 Å². The maximum atomic E-state index is 13.1. The van der Waals surface area contributed by atoms with E-state index in [9.17, 15) is 27.9 Å². The molecule has 1 saturated carbocycles. The van der Waals surface area contributed by atoms with Crippen LogP contribution in [-0.4, -0.2) is 29.2 Å². The maximum absolute atomic E-state index is 13.1. The molecule has 3 atom stereocenters. The van der Waals surface area contributed by atoms with Crippen LogP contribution >= 0.6 is 0 Å². The molecule has 4 nitrogen and oxygen atoms in total. The first-order chi connectivity index (χ1) is 11.3. The first kappa shape index (κ1) is 18.3. The summed E-state index contributed by atoms with van der Waals surface area (Å²) < 4.78 is 39.3. The number of halogens is 3. The highest BCUT2D eigenvalue weighted by molar-refractivity contribution is 5.85. The van der Waals surface area contributed by atoms with Crippen molar-refractivity contribution in [1.82, 2.24) is 5.32 Å². The molecule has 132 valence electrons. The topological polar surface area (TPSA) is 66.4 Å². The molecule has 0 radical (unpaired) electrons. The van der Waals surface area contributed by atoms with Gasteiger partial charge in [0, 0.05) is 12.3 Å². The van der Waals surface area contributed by atoms with E-state index in [1.165, 1.54) is 0 Å². The number of carboxylic acids is 1. The lowest BCUT2D eigenvalue weighted by Crippen LogP contribution is -2.49. The van der Waals surface area contributed by atoms with Crippen molar-refractivity contribution in [2.24, 2.45) is 11.8 Å². The van der Waals surface area contributed by atoms with Gasteiger partial charge in [-0.3, -0.25) is 4.79 Å². The number of rotatable bonds is 5. The highest BCUT2D eigenvalue weighted by atomic mass is 19.4. The van der Waals surface area contributed by atoms with Crippen molar-refractivity contribution >= 4 is 11.9 Å². The minimum atomic E-state index is -4.44. The van der Waals surface area contributed by atoms with Gasteiger partial charge in [0.05, 0.1) is 5.92 Å². The van der Waals surface area contributed by atoms with Gasteiger partial charge in [-0.25, -0.2) is 4.79 Å². The van der Waals surface area contributed by atoms with Crippen molar-refractivity contribution in [3.05, 3.63) is 35.9 Å². The van der Waals surface area contributed by atoms with Crippen molar-refractivity contribution in [2.45, 2.75) is 44.3 Å². The molecule has 0 aromatic heterocycles. The van der Waals surface area contributed by atoms with Gasteiger partial charge in [-0.2, -0.15) is 13.2 Å². The third kappa shape index (κ3) is 4.72. The molecular weight excluding hydrogens is 323 g/mol. The van der Waals surface area contributed by atoms with E-state index in [-0.39, 0.29) is 19.3 Å². The van der Waals surface area contributed by atoms with Crippen LogP contribution in [0.5, 0.6) is 0 Å². The van der Waals surface area contributed by atoms with Crippen molar-refractivity contribution < 1.29 is 27.9 Å². The molecular formula is C17H20F3NO3. The van der Waals surface area contributed by atoms with Crippen molar-refractivity contribution in [2.75, 3.05) is 0 Å². The number of carbonyl (C=O) groups excluding carboxylic acids is 1. The smallest absolute Gasteiger partial charge is 0.392 e. The molecule has 0 unspecified atom stereocenters. The molecule has 0 bridgehead atoms. The number of alkyl halides is 3. The molecule has 1 aliphatic carbocycles. The lowest BCUT2D eigenvalue weighted by atomic mass is 9.78. The molecule has 2 rings (SSSR count). The Balaban J connectivity index is 2.07. The maximum Gasteiger partial charge on any atom is 0.392 e. The summed E-state index contributed by atoms with van der Waals surface area (Å²) in [7, 11) is 0. The summed E-state index contributed by atoms with van der Waals surface area (Å²) in [6.07, 6.45) is -3.39. The molecule has 2 N–H and O–H groups in total. The van der Waals surface area contributed by atoms with E-state index in [1.54, 1.807) is 30.3 Å². The van der Waals surface area contributed by atoms with Crippen LogP contribution in [-0.2, 0) is 16.0 Å². The van der Waals surface area contributed by atoms with Crippen LogP contribution in [0.3, 0.4) is 0 Å². The highest BCUT2D eigenvalue weighted by Crippen LogP contribution is 2.41. The quantitative estimate of drug-likeness (QED) is 0.863. The summed E-state index contributed by atoms with van der Waals surface area (Å²) in [5, 5.41) is 11.6. The third-order valence-corrected chi connectivity index (χ3v) is 4.42. The van der Waals surface area contributed by atoms with Crippen LogP contribution in [0.1, 0.15) is 31.2 Å². The Bertz CT molecular complexity index is 574. The molecule has 0 aliphatic heterocycles. The molecule has 1 aliphatic rings. The first-order valence-electron chi connectivity index (χ1n) is 7.93. The molecule has 1 aromatic rings. The number of hydrogen-bond acceptors (Lipinski definition) is 2. The molecule has 0 heterocycles. The second kappa shape index (κ2) is 7.68. The molecule has 1 fully saturated rings. The van der Waals surface area contributed by atoms with Gasteiger partial charge in [0.15, 0.2) is 0 Å². The van der Waals surface area contributed by atoms with E-state index in [0.717, 1.165) is 0 Å². The Hall–Kier alpha value is -2.05. The zero-order valence-electron chi connectivity index (χ0n) is 13.1. The zero-order chi connectivity index (χ0) is 17.7. The number of nitrogens with one attached hydrogen (secondary N) is 1. The fraction of sp³-hybridized carbons (Fsp3) is 0.529. The van der Waals surface area contributed by atoms with Crippen molar-refractivity contribution in [3.8, 4) is 0 Å². The average molecular weight is 343 g/mol. The van der Waals surface area contributed by atoms with E-state index in [1.807, 2.05) is 0 Å². The van der Waals surface area contributed by atoms with Gasteiger partial charge in [-0.15, -0.1) is 0 Å². The largest absolute Gasteiger partial charge is 0.480 e. The van der Waals surface area contributed by atoms with Crippen LogP contribution < -0.4 is 5.32 Å². The van der Waals surface area contributed by atoms with E-state index >= 15 is 0 Å². The molecule has 1 aromatic carbocycles. The number of amides is 1. The molecule has 7 heteroatoms. The lowest BCUT2D eigenvalue weighted by Gasteiger charge is -2.32. The van der Waals surface area contributed by atoms with Gasteiger partial charge in [-0.1, -0.05) is 43.2 Å². The summed E-state index contributed by atoms with van der Waals surface area (Å²) in [5.41, 5.74) is 0.696. The highest BCUT2D eigenvalue weighted by Gasteiger charge is 2.48. The standard InChI is InChI=1S/C17H20F3NO3/c18-17(19,20)13-9-5-4-8-12(13)15(22)21-14(16(23)24)10-11-6-2-1-3-7-11/h1-3,6-7,12-14H,4-5,8-10H2,(H,21,22)(H,23,24)/t12-,13-,14+/m1/s1. The molecule has 24 heavy (non-hydrogen) atoms.